The van der Waals surface area contributed by atoms with E-state index in [4.69, 9.17) is 11.6 Å². The molecule has 1 aromatic carbocycles. The van der Waals surface area contributed by atoms with Gasteiger partial charge in [-0.25, -0.2) is 0 Å². The maximum atomic E-state index is 6.22. The van der Waals surface area contributed by atoms with Crippen molar-refractivity contribution >= 4 is 34.2 Å². The van der Waals surface area contributed by atoms with Crippen molar-refractivity contribution in [3.63, 3.8) is 0 Å². The van der Waals surface area contributed by atoms with E-state index in [1.165, 1.54) is 20.4 Å². The summed E-state index contributed by atoms with van der Waals surface area (Å²) in [5.41, 5.74) is 3.93. The first-order chi connectivity index (χ1) is 10.2. The first-order valence-electron chi connectivity index (χ1n) is 7.32. The number of hydrogen-bond donors (Lipinski definition) is 1. The summed E-state index contributed by atoms with van der Waals surface area (Å²) >= 11 is 8.62. The minimum atomic E-state index is 0.275. The molecule has 0 saturated heterocycles. The SMILES string of the molecule is CCNC(c1cc(Cl)ccc1I)C1CCc2cccnc21. The van der Waals surface area contributed by atoms with Crippen LogP contribution in [0.4, 0.5) is 0 Å². The summed E-state index contributed by atoms with van der Waals surface area (Å²) in [4.78, 5) is 4.65. The van der Waals surface area contributed by atoms with Crippen molar-refractivity contribution in [2.24, 2.45) is 0 Å². The zero-order chi connectivity index (χ0) is 14.8. The Bertz CT molecular complexity index is 644. The molecule has 3 rings (SSSR count). The van der Waals surface area contributed by atoms with Gasteiger partial charge in [-0.15, -0.1) is 0 Å². The third-order valence-corrected chi connectivity index (χ3v) is 5.34. The Morgan fingerprint density at radius 2 is 2.29 bits per heavy atom. The Kier molecular flexibility index (Phi) is 4.82. The lowest BCUT2D eigenvalue weighted by molar-refractivity contribution is 0.446. The number of rotatable bonds is 4. The molecule has 0 bridgehead atoms. The van der Waals surface area contributed by atoms with Gasteiger partial charge in [0.15, 0.2) is 0 Å². The molecule has 0 fully saturated rings. The predicted octanol–water partition coefficient (Wildman–Crippen LogP) is 4.72. The summed E-state index contributed by atoms with van der Waals surface area (Å²) in [7, 11) is 0. The first kappa shape index (κ1) is 15.3. The lowest BCUT2D eigenvalue weighted by Crippen LogP contribution is -2.27. The van der Waals surface area contributed by atoms with Crippen LogP contribution in [0.3, 0.4) is 0 Å². The number of benzene rings is 1. The maximum Gasteiger partial charge on any atom is 0.0485 e. The zero-order valence-corrected chi connectivity index (χ0v) is 14.9. The van der Waals surface area contributed by atoms with Gasteiger partial charge >= 0.3 is 0 Å². The molecular weight excluding hydrogens is 395 g/mol. The number of halogens is 2. The molecule has 1 N–H and O–H groups in total. The van der Waals surface area contributed by atoms with E-state index in [9.17, 15) is 0 Å². The van der Waals surface area contributed by atoms with E-state index in [2.05, 4.69) is 58.0 Å². The molecule has 0 saturated carbocycles. The third-order valence-electron chi connectivity index (χ3n) is 4.12. The number of aryl methyl sites for hydroxylation is 1. The predicted molar refractivity (Wildman–Crippen MR) is 95.9 cm³/mol. The second-order valence-corrected chi connectivity index (χ2v) is 6.99. The number of aromatic nitrogens is 1. The molecule has 21 heavy (non-hydrogen) atoms. The number of fused-ring (bicyclic) bond motifs is 1. The van der Waals surface area contributed by atoms with E-state index in [0.717, 1.165) is 24.4 Å². The highest BCUT2D eigenvalue weighted by molar-refractivity contribution is 14.1. The van der Waals surface area contributed by atoms with Crippen molar-refractivity contribution in [3.8, 4) is 0 Å². The fraction of sp³-hybridized carbons (Fsp3) is 0.353. The molecule has 1 aliphatic rings. The molecule has 2 atom stereocenters. The second kappa shape index (κ2) is 6.63. The van der Waals surface area contributed by atoms with Crippen LogP contribution in [0.25, 0.3) is 0 Å². The third kappa shape index (κ3) is 3.10. The van der Waals surface area contributed by atoms with E-state index in [-0.39, 0.29) is 6.04 Å². The van der Waals surface area contributed by atoms with Crippen molar-refractivity contribution in [2.45, 2.75) is 31.7 Å². The van der Waals surface area contributed by atoms with Crippen molar-refractivity contribution in [1.82, 2.24) is 10.3 Å². The van der Waals surface area contributed by atoms with Gasteiger partial charge < -0.3 is 5.32 Å². The van der Waals surface area contributed by atoms with Gasteiger partial charge in [0, 0.05) is 32.4 Å². The first-order valence-corrected chi connectivity index (χ1v) is 8.78. The largest absolute Gasteiger partial charge is 0.310 e. The molecule has 2 aromatic rings. The van der Waals surface area contributed by atoms with Crippen molar-refractivity contribution in [3.05, 3.63) is 61.9 Å². The van der Waals surface area contributed by atoms with Crippen LogP contribution in [0.15, 0.2) is 36.5 Å². The number of nitrogens with zero attached hydrogens (tertiary/aromatic N) is 1. The Hall–Kier alpha value is -0.650. The molecule has 1 aliphatic carbocycles. The fourth-order valence-electron chi connectivity index (χ4n) is 3.21. The number of nitrogens with one attached hydrogen (secondary N) is 1. The molecule has 0 spiro atoms. The minimum absolute atomic E-state index is 0.275. The molecule has 110 valence electrons. The Balaban J connectivity index is 2.01. The van der Waals surface area contributed by atoms with Crippen LogP contribution in [-0.2, 0) is 6.42 Å². The van der Waals surface area contributed by atoms with Gasteiger partial charge in [-0.1, -0.05) is 24.6 Å². The topological polar surface area (TPSA) is 24.9 Å². The highest BCUT2D eigenvalue weighted by Gasteiger charge is 2.32. The summed E-state index contributed by atoms with van der Waals surface area (Å²) in [5.74, 6) is 0.424. The Labute approximate surface area is 144 Å². The standard InChI is InChI=1S/C17H18ClIN2/c1-2-20-17(14-10-12(18)6-8-15(14)19)13-7-5-11-4-3-9-21-16(11)13/h3-4,6,8-10,13,17,20H,2,5,7H2,1H3. The Morgan fingerprint density at radius 1 is 1.43 bits per heavy atom. The summed E-state index contributed by atoms with van der Waals surface area (Å²) < 4.78 is 1.26. The van der Waals surface area contributed by atoms with Crippen molar-refractivity contribution in [2.75, 3.05) is 6.54 Å². The van der Waals surface area contributed by atoms with Crippen molar-refractivity contribution in [1.29, 1.82) is 0 Å². The van der Waals surface area contributed by atoms with E-state index in [0.29, 0.717) is 5.92 Å². The molecule has 4 heteroatoms. The van der Waals surface area contributed by atoms with Gasteiger partial charge in [-0.3, -0.25) is 4.98 Å². The Morgan fingerprint density at radius 3 is 3.10 bits per heavy atom. The average molecular weight is 413 g/mol. The van der Waals surface area contributed by atoms with E-state index >= 15 is 0 Å². The van der Waals surface area contributed by atoms with Gasteiger partial charge in [-0.05, 0) is 77.4 Å². The van der Waals surface area contributed by atoms with Crippen molar-refractivity contribution < 1.29 is 0 Å². The highest BCUT2D eigenvalue weighted by atomic mass is 127. The smallest absolute Gasteiger partial charge is 0.0485 e. The zero-order valence-electron chi connectivity index (χ0n) is 11.9. The van der Waals surface area contributed by atoms with Crippen LogP contribution >= 0.6 is 34.2 Å². The normalized spacial score (nSPS) is 18.5. The van der Waals surface area contributed by atoms with Crippen LogP contribution in [0, 0.1) is 3.57 Å². The number of pyridine rings is 1. The summed E-state index contributed by atoms with van der Waals surface area (Å²) in [6.45, 7) is 3.09. The van der Waals surface area contributed by atoms with Gasteiger partial charge in [0.2, 0.25) is 0 Å². The van der Waals surface area contributed by atoms with Gasteiger partial charge in [0.25, 0.3) is 0 Å². The average Bonchev–Trinajstić information content (AvgIpc) is 2.91. The molecule has 0 aliphatic heterocycles. The van der Waals surface area contributed by atoms with E-state index < -0.39 is 0 Å². The number of likely N-dealkylation sites (N-methyl/N-ethyl adjacent to an activating group) is 1. The number of hydrogen-bond acceptors (Lipinski definition) is 2. The fourth-order valence-corrected chi connectivity index (χ4v) is 4.06. The summed E-state index contributed by atoms with van der Waals surface area (Å²) in [5, 5.41) is 4.45. The quantitative estimate of drug-likeness (QED) is 0.735. The lowest BCUT2D eigenvalue weighted by Gasteiger charge is -2.26. The van der Waals surface area contributed by atoms with Crippen LogP contribution < -0.4 is 5.32 Å². The molecule has 0 radical (unpaired) electrons. The van der Waals surface area contributed by atoms with Crippen LogP contribution in [0.1, 0.15) is 42.1 Å². The highest BCUT2D eigenvalue weighted by Crippen LogP contribution is 2.41. The molecule has 0 amide bonds. The molecule has 1 heterocycles. The van der Waals surface area contributed by atoms with Gasteiger partial charge in [-0.2, -0.15) is 0 Å². The van der Waals surface area contributed by atoms with Crippen LogP contribution in [0.2, 0.25) is 5.02 Å². The van der Waals surface area contributed by atoms with Gasteiger partial charge in [0.05, 0.1) is 0 Å². The van der Waals surface area contributed by atoms with E-state index in [1.54, 1.807) is 0 Å². The van der Waals surface area contributed by atoms with Crippen LogP contribution in [0.5, 0.6) is 0 Å². The minimum Gasteiger partial charge on any atom is -0.310 e. The summed E-state index contributed by atoms with van der Waals surface area (Å²) in [6, 6.07) is 10.7. The molecule has 2 nitrogen and oxygen atoms in total. The molecule has 2 unspecified atom stereocenters. The molecular formula is C17H18ClIN2. The monoisotopic (exact) mass is 412 g/mol. The van der Waals surface area contributed by atoms with E-state index in [1.807, 2.05) is 18.3 Å². The maximum absolute atomic E-state index is 6.22. The van der Waals surface area contributed by atoms with Crippen LogP contribution in [-0.4, -0.2) is 11.5 Å². The second-order valence-electron chi connectivity index (χ2n) is 5.39. The van der Waals surface area contributed by atoms with Gasteiger partial charge in [0.1, 0.15) is 0 Å². The molecule has 1 aromatic heterocycles. The summed E-state index contributed by atoms with van der Waals surface area (Å²) in [6.07, 6.45) is 4.17. The lowest BCUT2D eigenvalue weighted by atomic mass is 9.90.